The number of allylic oxidation sites excluding steroid dienone is 2. The fourth-order valence-electron chi connectivity index (χ4n) is 5.87. The van der Waals surface area contributed by atoms with Crippen molar-refractivity contribution in [2.24, 2.45) is 0 Å². The summed E-state index contributed by atoms with van der Waals surface area (Å²) in [5.41, 5.74) is 0. The van der Waals surface area contributed by atoms with Crippen molar-refractivity contribution in [3.63, 3.8) is 0 Å². The summed E-state index contributed by atoms with van der Waals surface area (Å²) in [6.07, 6.45) is 37.4. The summed E-state index contributed by atoms with van der Waals surface area (Å²) in [5.74, 6) is -0.293. The van der Waals surface area contributed by atoms with Gasteiger partial charge in [0.05, 0.1) is 31.3 Å². The van der Waals surface area contributed by atoms with Crippen molar-refractivity contribution >= 4 is 5.91 Å². The van der Waals surface area contributed by atoms with Crippen LogP contribution in [0.4, 0.5) is 0 Å². The molecule has 0 heterocycles. The molecule has 4 N–H and O–H groups in total. The third kappa shape index (κ3) is 30.9. The zero-order chi connectivity index (χ0) is 31.6. The molecule has 0 fully saturated rings. The van der Waals surface area contributed by atoms with E-state index in [0.717, 1.165) is 38.5 Å². The van der Waals surface area contributed by atoms with E-state index in [-0.39, 0.29) is 18.9 Å². The van der Waals surface area contributed by atoms with Crippen molar-refractivity contribution in [1.82, 2.24) is 5.32 Å². The molecule has 0 aromatic carbocycles. The molecule has 5 nitrogen and oxygen atoms in total. The molecule has 0 bridgehead atoms. The number of amides is 1. The molecule has 0 saturated heterocycles. The number of aliphatic hydroxyl groups is 3. The van der Waals surface area contributed by atoms with E-state index in [9.17, 15) is 20.1 Å². The summed E-state index contributed by atoms with van der Waals surface area (Å²) in [6.45, 7) is 4.22. The zero-order valence-electron chi connectivity index (χ0n) is 28.8. The second-order valence-electron chi connectivity index (χ2n) is 13.2. The van der Waals surface area contributed by atoms with Gasteiger partial charge in [-0.1, -0.05) is 167 Å². The van der Waals surface area contributed by atoms with E-state index in [0.29, 0.717) is 12.8 Å². The highest BCUT2D eigenvalue weighted by atomic mass is 16.3. The van der Waals surface area contributed by atoms with Gasteiger partial charge < -0.3 is 20.6 Å². The van der Waals surface area contributed by atoms with Gasteiger partial charge in [0, 0.05) is 0 Å². The van der Waals surface area contributed by atoms with Gasteiger partial charge in [-0.25, -0.2) is 0 Å². The highest BCUT2D eigenvalue weighted by Crippen LogP contribution is 2.16. The van der Waals surface area contributed by atoms with E-state index in [2.05, 4.69) is 31.3 Å². The van der Waals surface area contributed by atoms with Crippen molar-refractivity contribution in [2.45, 2.75) is 218 Å². The fourth-order valence-corrected chi connectivity index (χ4v) is 5.87. The molecule has 256 valence electrons. The van der Waals surface area contributed by atoms with Gasteiger partial charge in [0.15, 0.2) is 0 Å². The van der Waals surface area contributed by atoms with Gasteiger partial charge in [-0.2, -0.15) is 0 Å². The van der Waals surface area contributed by atoms with E-state index < -0.39 is 18.2 Å². The second-order valence-corrected chi connectivity index (χ2v) is 13.2. The maximum atomic E-state index is 12.3. The summed E-state index contributed by atoms with van der Waals surface area (Å²) in [5, 5.41) is 33.2. The zero-order valence-corrected chi connectivity index (χ0v) is 28.8. The number of carbonyl (C=O) groups excluding carboxylic acids is 1. The number of unbranched alkanes of at least 4 members (excludes halogenated alkanes) is 23. The first kappa shape index (κ1) is 42.1. The van der Waals surface area contributed by atoms with E-state index >= 15 is 0 Å². The van der Waals surface area contributed by atoms with Crippen LogP contribution in [0.3, 0.4) is 0 Å². The summed E-state index contributed by atoms with van der Waals surface area (Å²) in [7, 11) is 0. The molecular weight excluding hydrogens is 534 g/mol. The largest absolute Gasteiger partial charge is 0.394 e. The molecule has 0 saturated carbocycles. The number of nitrogens with one attached hydrogen (secondary N) is 1. The number of hydrogen-bond acceptors (Lipinski definition) is 4. The van der Waals surface area contributed by atoms with Crippen molar-refractivity contribution < 1.29 is 20.1 Å². The van der Waals surface area contributed by atoms with Gasteiger partial charge in [0.2, 0.25) is 5.91 Å². The molecule has 1 amide bonds. The molecule has 0 aliphatic carbocycles. The van der Waals surface area contributed by atoms with E-state index in [1.54, 1.807) is 0 Å². The molecule has 0 spiro atoms. The minimum atomic E-state index is -0.748. The highest BCUT2D eigenvalue weighted by Gasteiger charge is 2.21. The summed E-state index contributed by atoms with van der Waals surface area (Å²) < 4.78 is 0. The van der Waals surface area contributed by atoms with E-state index in [4.69, 9.17) is 0 Å². The standard InChI is InChI=1S/C38H75NO4/c1-3-5-7-9-11-13-15-16-17-18-19-20-21-22-24-26-28-30-32-37(42)36(34-40)39-38(43)33-35(41)31-29-27-25-23-14-12-10-8-6-4-2/h12,14,35-37,40-42H,3-11,13,15-34H2,1-2H3,(H,39,43)/b14-12-. The SMILES string of the molecule is CCCCC/C=C\CCCCCC(O)CC(=O)NC(CO)C(O)CCCCCCCCCCCCCCCCCCCC. The van der Waals surface area contributed by atoms with Gasteiger partial charge in [-0.3, -0.25) is 4.79 Å². The summed E-state index contributed by atoms with van der Waals surface area (Å²) >= 11 is 0. The number of hydrogen-bond donors (Lipinski definition) is 4. The number of rotatable bonds is 34. The molecule has 0 rings (SSSR count). The van der Waals surface area contributed by atoms with Crippen molar-refractivity contribution in [2.75, 3.05) is 6.61 Å². The smallest absolute Gasteiger partial charge is 0.222 e. The number of aliphatic hydroxyl groups excluding tert-OH is 3. The highest BCUT2D eigenvalue weighted by molar-refractivity contribution is 5.76. The Kier molecular flexibility index (Phi) is 33.3. The maximum Gasteiger partial charge on any atom is 0.222 e. The van der Waals surface area contributed by atoms with Gasteiger partial charge in [0.1, 0.15) is 0 Å². The van der Waals surface area contributed by atoms with Crippen molar-refractivity contribution in [3.05, 3.63) is 12.2 Å². The van der Waals surface area contributed by atoms with Gasteiger partial charge in [-0.05, 0) is 38.5 Å². The lowest BCUT2D eigenvalue weighted by atomic mass is 10.0. The minimum Gasteiger partial charge on any atom is -0.394 e. The quantitative estimate of drug-likeness (QED) is 0.0432. The average molecular weight is 610 g/mol. The third-order valence-corrected chi connectivity index (χ3v) is 8.83. The predicted octanol–water partition coefficient (Wildman–Crippen LogP) is 10.1. The van der Waals surface area contributed by atoms with Gasteiger partial charge in [0.25, 0.3) is 0 Å². The molecule has 43 heavy (non-hydrogen) atoms. The molecule has 0 aromatic rings. The van der Waals surface area contributed by atoms with Crippen LogP contribution in [0.25, 0.3) is 0 Å². The van der Waals surface area contributed by atoms with Crippen LogP contribution in [-0.2, 0) is 4.79 Å². The normalized spacial score (nSPS) is 13.9. The first-order valence-electron chi connectivity index (χ1n) is 19.0. The molecule has 3 unspecified atom stereocenters. The van der Waals surface area contributed by atoms with Crippen LogP contribution in [0.1, 0.15) is 200 Å². The van der Waals surface area contributed by atoms with Crippen LogP contribution in [0.2, 0.25) is 0 Å². The lowest BCUT2D eigenvalue weighted by molar-refractivity contribution is -0.125. The van der Waals surface area contributed by atoms with Crippen LogP contribution in [-0.4, -0.2) is 46.1 Å². The Bertz CT molecular complexity index is 596. The van der Waals surface area contributed by atoms with Crippen molar-refractivity contribution in [1.29, 1.82) is 0 Å². The Balaban J connectivity index is 3.64. The molecule has 3 atom stereocenters. The maximum absolute atomic E-state index is 12.3. The first-order valence-corrected chi connectivity index (χ1v) is 19.0. The summed E-state index contributed by atoms with van der Waals surface area (Å²) in [6, 6.07) is -0.658. The van der Waals surface area contributed by atoms with Gasteiger partial charge >= 0.3 is 0 Å². The van der Waals surface area contributed by atoms with Crippen LogP contribution in [0.15, 0.2) is 12.2 Å². The minimum absolute atomic E-state index is 0.0275. The average Bonchev–Trinajstić information content (AvgIpc) is 3.00. The van der Waals surface area contributed by atoms with E-state index in [1.165, 1.54) is 128 Å². The monoisotopic (exact) mass is 610 g/mol. The first-order chi connectivity index (χ1) is 21.0. The Morgan fingerprint density at radius 2 is 0.930 bits per heavy atom. The molecule has 0 radical (unpaired) electrons. The Morgan fingerprint density at radius 1 is 0.558 bits per heavy atom. The second kappa shape index (κ2) is 34.0. The third-order valence-electron chi connectivity index (χ3n) is 8.83. The molecule has 0 aromatic heterocycles. The van der Waals surface area contributed by atoms with Gasteiger partial charge in [-0.15, -0.1) is 0 Å². The Labute approximate surface area is 268 Å². The Morgan fingerprint density at radius 3 is 1.40 bits per heavy atom. The van der Waals surface area contributed by atoms with Crippen LogP contribution < -0.4 is 5.32 Å². The van der Waals surface area contributed by atoms with Crippen molar-refractivity contribution in [3.8, 4) is 0 Å². The summed E-state index contributed by atoms with van der Waals surface area (Å²) in [4.78, 5) is 12.3. The van der Waals surface area contributed by atoms with Crippen LogP contribution in [0.5, 0.6) is 0 Å². The lowest BCUT2D eigenvalue weighted by Crippen LogP contribution is -2.46. The molecular formula is C38H75NO4. The van der Waals surface area contributed by atoms with E-state index in [1.807, 2.05) is 0 Å². The predicted molar refractivity (Wildman–Crippen MR) is 185 cm³/mol. The number of carbonyl (C=O) groups is 1. The Hall–Kier alpha value is -0.910. The molecule has 0 aliphatic rings. The lowest BCUT2D eigenvalue weighted by Gasteiger charge is -2.23. The topological polar surface area (TPSA) is 89.8 Å². The van der Waals surface area contributed by atoms with Crippen LogP contribution >= 0.6 is 0 Å². The van der Waals surface area contributed by atoms with Crippen LogP contribution in [0, 0.1) is 0 Å². The fraction of sp³-hybridized carbons (Fsp3) is 0.921. The molecule has 0 aliphatic heterocycles. The molecule has 5 heteroatoms.